The molecule has 100 valence electrons. The predicted octanol–water partition coefficient (Wildman–Crippen LogP) is 3.57. The summed E-state index contributed by atoms with van der Waals surface area (Å²) in [6.07, 6.45) is 13.5. The van der Waals surface area contributed by atoms with Crippen LogP contribution in [0.3, 0.4) is 0 Å². The first kappa shape index (κ1) is 13.5. The second-order valence-electron chi connectivity index (χ2n) is 5.48. The van der Waals surface area contributed by atoms with Gasteiger partial charge in [0, 0.05) is 18.4 Å². The van der Waals surface area contributed by atoms with E-state index >= 15 is 0 Å². The lowest BCUT2D eigenvalue weighted by atomic mass is 9.88. The number of hydrogen-bond acceptors (Lipinski definition) is 2. The first-order valence-electron chi connectivity index (χ1n) is 7.52. The van der Waals surface area contributed by atoms with Crippen molar-refractivity contribution in [3.8, 4) is 0 Å². The van der Waals surface area contributed by atoms with Crippen molar-refractivity contribution in [3.05, 3.63) is 30.1 Å². The van der Waals surface area contributed by atoms with Gasteiger partial charge in [-0.1, -0.05) is 32.6 Å². The number of pyridine rings is 1. The van der Waals surface area contributed by atoms with Gasteiger partial charge >= 0.3 is 0 Å². The summed E-state index contributed by atoms with van der Waals surface area (Å²) in [7, 11) is 0. The van der Waals surface area contributed by atoms with E-state index in [4.69, 9.17) is 0 Å². The molecule has 1 atom stereocenters. The van der Waals surface area contributed by atoms with Crippen LogP contribution in [0.1, 0.15) is 51.0 Å². The SMILES string of the molecule is CCNC(Cc1ccncc1)C1CCCCCC1. The number of aromatic nitrogens is 1. The van der Waals surface area contributed by atoms with Gasteiger partial charge in [-0.3, -0.25) is 4.98 Å². The Morgan fingerprint density at radius 2 is 1.83 bits per heavy atom. The van der Waals surface area contributed by atoms with Crippen LogP contribution >= 0.6 is 0 Å². The van der Waals surface area contributed by atoms with Crippen LogP contribution in [0.5, 0.6) is 0 Å². The molecule has 18 heavy (non-hydrogen) atoms. The van der Waals surface area contributed by atoms with Crippen LogP contribution in [0.2, 0.25) is 0 Å². The molecule has 2 heteroatoms. The second kappa shape index (κ2) is 7.52. The maximum absolute atomic E-state index is 4.11. The lowest BCUT2D eigenvalue weighted by Crippen LogP contribution is -2.37. The maximum atomic E-state index is 4.11. The molecule has 0 aromatic carbocycles. The van der Waals surface area contributed by atoms with Crippen molar-refractivity contribution in [2.75, 3.05) is 6.54 Å². The molecule has 1 aliphatic rings. The Balaban J connectivity index is 1.97. The summed E-state index contributed by atoms with van der Waals surface area (Å²) in [6.45, 7) is 3.29. The second-order valence-corrected chi connectivity index (χ2v) is 5.48. The Bertz CT molecular complexity index is 315. The first-order chi connectivity index (χ1) is 8.90. The van der Waals surface area contributed by atoms with Crippen LogP contribution in [0.15, 0.2) is 24.5 Å². The third-order valence-electron chi connectivity index (χ3n) is 4.14. The average Bonchev–Trinajstić information content (AvgIpc) is 2.68. The smallest absolute Gasteiger partial charge is 0.0270 e. The molecule has 1 unspecified atom stereocenters. The van der Waals surface area contributed by atoms with Crippen molar-refractivity contribution in [2.45, 2.75) is 57.9 Å². The van der Waals surface area contributed by atoms with Gasteiger partial charge in [0.25, 0.3) is 0 Å². The van der Waals surface area contributed by atoms with Crippen LogP contribution in [0, 0.1) is 5.92 Å². The zero-order valence-electron chi connectivity index (χ0n) is 11.6. The topological polar surface area (TPSA) is 24.9 Å². The Kier molecular flexibility index (Phi) is 5.66. The van der Waals surface area contributed by atoms with E-state index in [1.54, 1.807) is 0 Å². The Labute approximate surface area is 111 Å². The van der Waals surface area contributed by atoms with E-state index in [2.05, 4.69) is 29.4 Å². The fourth-order valence-corrected chi connectivity index (χ4v) is 3.15. The number of nitrogens with zero attached hydrogens (tertiary/aromatic N) is 1. The summed E-state index contributed by atoms with van der Waals surface area (Å²) in [5.74, 6) is 0.862. The van der Waals surface area contributed by atoms with Crippen LogP contribution in [0.25, 0.3) is 0 Å². The summed E-state index contributed by atoms with van der Waals surface area (Å²) >= 11 is 0. The standard InChI is InChI=1S/C16H26N2/c1-2-18-16(13-14-9-11-17-12-10-14)15-7-5-3-4-6-8-15/h9-12,15-16,18H,2-8,13H2,1H3. The van der Waals surface area contributed by atoms with Crippen molar-refractivity contribution in [3.63, 3.8) is 0 Å². The molecule has 1 heterocycles. The van der Waals surface area contributed by atoms with E-state index in [1.807, 2.05) is 12.4 Å². The van der Waals surface area contributed by atoms with E-state index in [-0.39, 0.29) is 0 Å². The number of rotatable bonds is 5. The monoisotopic (exact) mass is 246 g/mol. The molecule has 0 amide bonds. The van der Waals surface area contributed by atoms with Gasteiger partial charge in [-0.25, -0.2) is 0 Å². The van der Waals surface area contributed by atoms with Gasteiger partial charge in [0.2, 0.25) is 0 Å². The van der Waals surface area contributed by atoms with Gasteiger partial charge in [0.15, 0.2) is 0 Å². The van der Waals surface area contributed by atoms with E-state index in [0.717, 1.165) is 18.9 Å². The van der Waals surface area contributed by atoms with Gasteiger partial charge in [-0.15, -0.1) is 0 Å². The number of nitrogens with one attached hydrogen (secondary N) is 1. The fraction of sp³-hybridized carbons (Fsp3) is 0.688. The van der Waals surface area contributed by atoms with E-state index in [1.165, 1.54) is 44.1 Å². The van der Waals surface area contributed by atoms with Crippen molar-refractivity contribution < 1.29 is 0 Å². The van der Waals surface area contributed by atoms with Gasteiger partial charge in [0.05, 0.1) is 0 Å². The zero-order valence-corrected chi connectivity index (χ0v) is 11.6. The largest absolute Gasteiger partial charge is 0.314 e. The zero-order chi connectivity index (χ0) is 12.6. The molecule has 1 aromatic heterocycles. The summed E-state index contributed by atoms with van der Waals surface area (Å²) < 4.78 is 0. The molecule has 0 radical (unpaired) electrons. The molecule has 0 saturated heterocycles. The summed E-state index contributed by atoms with van der Waals surface area (Å²) in [5.41, 5.74) is 1.42. The van der Waals surface area contributed by atoms with Gasteiger partial charge < -0.3 is 5.32 Å². The first-order valence-corrected chi connectivity index (χ1v) is 7.52. The molecule has 1 fully saturated rings. The van der Waals surface area contributed by atoms with Crippen molar-refractivity contribution in [1.82, 2.24) is 10.3 Å². The number of hydrogen-bond donors (Lipinski definition) is 1. The molecule has 1 saturated carbocycles. The summed E-state index contributed by atoms with van der Waals surface area (Å²) in [6, 6.07) is 4.96. The van der Waals surface area contributed by atoms with Gasteiger partial charge in [0.1, 0.15) is 0 Å². The quantitative estimate of drug-likeness (QED) is 0.803. The van der Waals surface area contributed by atoms with Crippen LogP contribution in [0.4, 0.5) is 0 Å². The van der Waals surface area contributed by atoms with Crippen molar-refractivity contribution in [2.24, 2.45) is 5.92 Å². The minimum Gasteiger partial charge on any atom is -0.314 e. The van der Waals surface area contributed by atoms with Gasteiger partial charge in [-0.2, -0.15) is 0 Å². The fourth-order valence-electron chi connectivity index (χ4n) is 3.15. The lowest BCUT2D eigenvalue weighted by Gasteiger charge is -2.27. The molecule has 1 aromatic rings. The molecule has 0 bridgehead atoms. The average molecular weight is 246 g/mol. The van der Waals surface area contributed by atoms with Crippen LogP contribution in [-0.2, 0) is 6.42 Å². The minimum atomic E-state index is 0.649. The Morgan fingerprint density at radius 1 is 1.17 bits per heavy atom. The Hall–Kier alpha value is -0.890. The molecule has 1 N–H and O–H groups in total. The molecular weight excluding hydrogens is 220 g/mol. The molecule has 2 rings (SSSR count). The third kappa shape index (κ3) is 4.09. The molecule has 1 aliphatic carbocycles. The summed E-state index contributed by atoms with van der Waals surface area (Å²) in [4.78, 5) is 4.11. The predicted molar refractivity (Wildman–Crippen MR) is 76.6 cm³/mol. The molecule has 2 nitrogen and oxygen atoms in total. The highest BCUT2D eigenvalue weighted by atomic mass is 14.9. The van der Waals surface area contributed by atoms with Gasteiger partial charge in [-0.05, 0) is 49.4 Å². The maximum Gasteiger partial charge on any atom is 0.0270 e. The van der Waals surface area contributed by atoms with E-state index < -0.39 is 0 Å². The lowest BCUT2D eigenvalue weighted by molar-refractivity contribution is 0.321. The van der Waals surface area contributed by atoms with E-state index in [0.29, 0.717) is 6.04 Å². The highest BCUT2D eigenvalue weighted by Gasteiger charge is 2.22. The minimum absolute atomic E-state index is 0.649. The summed E-state index contributed by atoms with van der Waals surface area (Å²) in [5, 5.41) is 3.71. The molecule has 0 aliphatic heterocycles. The van der Waals surface area contributed by atoms with E-state index in [9.17, 15) is 0 Å². The molecule has 0 spiro atoms. The van der Waals surface area contributed by atoms with Crippen LogP contribution in [-0.4, -0.2) is 17.6 Å². The number of likely N-dealkylation sites (N-methyl/N-ethyl adjacent to an activating group) is 1. The highest BCUT2D eigenvalue weighted by molar-refractivity contribution is 5.11. The molecular formula is C16H26N2. The third-order valence-corrected chi connectivity index (χ3v) is 4.14. The Morgan fingerprint density at radius 3 is 2.44 bits per heavy atom. The van der Waals surface area contributed by atoms with Crippen molar-refractivity contribution in [1.29, 1.82) is 0 Å². The highest BCUT2D eigenvalue weighted by Crippen LogP contribution is 2.27. The van der Waals surface area contributed by atoms with Crippen molar-refractivity contribution >= 4 is 0 Å². The normalized spacial score (nSPS) is 19.4. The van der Waals surface area contributed by atoms with Crippen LogP contribution < -0.4 is 5.32 Å².